The summed E-state index contributed by atoms with van der Waals surface area (Å²) in [6.45, 7) is 12.6. The molecule has 0 atom stereocenters. The highest BCUT2D eigenvalue weighted by molar-refractivity contribution is 5.24. The fraction of sp³-hybridized carbons (Fsp3) is 0.167. The van der Waals surface area contributed by atoms with Crippen molar-refractivity contribution in [3.05, 3.63) is 31.2 Å². The molecule has 0 spiro atoms. The van der Waals surface area contributed by atoms with Crippen molar-refractivity contribution in [3.63, 3.8) is 0 Å². The van der Waals surface area contributed by atoms with Gasteiger partial charge in [0.1, 0.15) is 5.57 Å². The average Bonchev–Trinajstić information content (AvgIpc) is 1.36. The topological polar surface area (TPSA) is 0 Å². The smallest absolute Gasteiger partial charge is 0.0387 e. The second-order valence-electron chi connectivity index (χ2n) is 1.38. The van der Waals surface area contributed by atoms with E-state index in [0.29, 0.717) is 0 Å². The molecule has 0 unspecified atom stereocenters. The molecule has 0 radical (unpaired) electrons. The molecule has 0 heteroatoms. The van der Waals surface area contributed by atoms with Crippen LogP contribution in [0.3, 0.4) is 0 Å². The standard InChI is InChI=1S/C6H9/c1-5(2)6(3)4/h1-3H2,4H3/q+1. The van der Waals surface area contributed by atoms with E-state index in [1.54, 1.807) is 0 Å². The SMILES string of the molecule is C=C([CH2+])C(=C)C. The van der Waals surface area contributed by atoms with Crippen molar-refractivity contribution in [1.82, 2.24) is 0 Å². The third-order valence-corrected chi connectivity index (χ3v) is 0.604. The van der Waals surface area contributed by atoms with Crippen molar-refractivity contribution in [2.75, 3.05) is 0 Å². The lowest BCUT2D eigenvalue weighted by atomic mass is 10.2. The van der Waals surface area contributed by atoms with Crippen molar-refractivity contribution in [2.24, 2.45) is 0 Å². The molecule has 0 aromatic heterocycles. The summed E-state index contributed by atoms with van der Waals surface area (Å²) < 4.78 is 0. The van der Waals surface area contributed by atoms with E-state index in [0.717, 1.165) is 11.1 Å². The van der Waals surface area contributed by atoms with Crippen LogP contribution in [0.4, 0.5) is 0 Å². The zero-order valence-electron chi connectivity index (χ0n) is 4.12. The molecule has 0 fully saturated rings. The summed E-state index contributed by atoms with van der Waals surface area (Å²) in [4.78, 5) is 0. The quantitative estimate of drug-likeness (QED) is 0.334. The van der Waals surface area contributed by atoms with E-state index in [-0.39, 0.29) is 0 Å². The minimum absolute atomic E-state index is 0.815. The minimum atomic E-state index is 0.815. The molecular formula is C6H9+. The molecule has 0 bridgehead atoms. The predicted molar refractivity (Wildman–Crippen MR) is 29.3 cm³/mol. The maximum Gasteiger partial charge on any atom is 0.121 e. The first kappa shape index (κ1) is 5.35. The van der Waals surface area contributed by atoms with Crippen LogP contribution in [-0.4, -0.2) is 0 Å². The monoisotopic (exact) mass is 81.1 g/mol. The van der Waals surface area contributed by atoms with Gasteiger partial charge in [-0.1, -0.05) is 0 Å². The van der Waals surface area contributed by atoms with Gasteiger partial charge in [0.25, 0.3) is 0 Å². The van der Waals surface area contributed by atoms with E-state index in [1.165, 1.54) is 0 Å². The molecular weight excluding hydrogens is 72.1 g/mol. The maximum atomic E-state index is 3.59. The number of allylic oxidation sites excluding steroid dienone is 2. The highest BCUT2D eigenvalue weighted by atomic mass is 13.8. The van der Waals surface area contributed by atoms with Crippen LogP contribution in [0.15, 0.2) is 24.3 Å². The van der Waals surface area contributed by atoms with Gasteiger partial charge in [0.15, 0.2) is 0 Å². The number of rotatable bonds is 1. The Morgan fingerprint density at radius 2 is 1.67 bits per heavy atom. The van der Waals surface area contributed by atoms with Crippen LogP contribution in [-0.2, 0) is 0 Å². The van der Waals surface area contributed by atoms with Crippen LogP contribution < -0.4 is 0 Å². The van der Waals surface area contributed by atoms with Gasteiger partial charge >= 0.3 is 0 Å². The lowest BCUT2D eigenvalue weighted by Crippen LogP contribution is -1.68. The van der Waals surface area contributed by atoms with Gasteiger partial charge in [-0.15, -0.1) is 0 Å². The molecule has 6 heavy (non-hydrogen) atoms. The summed E-state index contributed by atoms with van der Waals surface area (Å²) in [5.74, 6) is 0. The largest absolute Gasteiger partial charge is 0.121 e. The molecule has 0 aromatic carbocycles. The van der Waals surface area contributed by atoms with Crippen molar-refractivity contribution in [2.45, 2.75) is 6.92 Å². The fourth-order valence-electron chi connectivity index (χ4n) is 0. The van der Waals surface area contributed by atoms with Crippen LogP contribution in [0.1, 0.15) is 6.92 Å². The van der Waals surface area contributed by atoms with E-state index in [1.807, 2.05) is 6.92 Å². The Hall–Kier alpha value is -0.650. The van der Waals surface area contributed by atoms with Gasteiger partial charge in [-0.2, -0.15) is 0 Å². The minimum Gasteiger partial charge on any atom is -0.0387 e. The van der Waals surface area contributed by atoms with Gasteiger partial charge in [0.2, 0.25) is 0 Å². The molecule has 32 valence electrons. The lowest BCUT2D eigenvalue weighted by molar-refractivity contribution is 1.48. The molecule has 0 rings (SSSR count). The van der Waals surface area contributed by atoms with E-state index < -0.39 is 0 Å². The molecule has 0 aliphatic heterocycles. The molecule has 0 aliphatic carbocycles. The fourth-order valence-corrected chi connectivity index (χ4v) is 0. The molecule has 0 amide bonds. The van der Waals surface area contributed by atoms with Crippen molar-refractivity contribution in [3.8, 4) is 0 Å². The molecule has 0 aliphatic rings. The summed E-state index contributed by atoms with van der Waals surface area (Å²) in [6, 6.07) is 0. The average molecular weight is 81.1 g/mol. The van der Waals surface area contributed by atoms with Crippen LogP contribution >= 0.6 is 0 Å². The maximum absolute atomic E-state index is 3.59. The van der Waals surface area contributed by atoms with Crippen molar-refractivity contribution >= 4 is 0 Å². The summed E-state index contributed by atoms with van der Waals surface area (Å²) >= 11 is 0. The van der Waals surface area contributed by atoms with E-state index >= 15 is 0 Å². The molecule has 0 saturated heterocycles. The second kappa shape index (κ2) is 1.71. The summed E-state index contributed by atoms with van der Waals surface area (Å²) in [7, 11) is 0. The highest BCUT2D eigenvalue weighted by Crippen LogP contribution is 1.97. The van der Waals surface area contributed by atoms with E-state index in [9.17, 15) is 0 Å². The van der Waals surface area contributed by atoms with Crippen molar-refractivity contribution in [1.29, 1.82) is 0 Å². The number of hydrogen-bond acceptors (Lipinski definition) is 0. The first-order valence-electron chi connectivity index (χ1n) is 1.81. The summed E-state index contributed by atoms with van der Waals surface area (Å²) in [6.07, 6.45) is 0. The Balaban J connectivity index is 3.57. The Bertz CT molecular complexity index is 66.0. The zero-order chi connectivity index (χ0) is 5.15. The molecule has 0 saturated carbocycles. The predicted octanol–water partition coefficient (Wildman–Crippen LogP) is 1.95. The first-order chi connectivity index (χ1) is 2.64. The highest BCUT2D eigenvalue weighted by Gasteiger charge is 1.88. The molecule has 0 heterocycles. The van der Waals surface area contributed by atoms with Crippen LogP contribution in [0.5, 0.6) is 0 Å². The molecule has 0 N–H and O–H groups in total. The van der Waals surface area contributed by atoms with Crippen LogP contribution in [0.25, 0.3) is 0 Å². The van der Waals surface area contributed by atoms with Crippen molar-refractivity contribution < 1.29 is 0 Å². The number of hydrogen-bond donors (Lipinski definition) is 0. The van der Waals surface area contributed by atoms with Crippen LogP contribution in [0.2, 0.25) is 0 Å². The second-order valence-corrected chi connectivity index (χ2v) is 1.38. The Morgan fingerprint density at radius 3 is 1.67 bits per heavy atom. The summed E-state index contributed by atoms with van der Waals surface area (Å²) in [5, 5.41) is 0. The zero-order valence-corrected chi connectivity index (χ0v) is 4.12. The van der Waals surface area contributed by atoms with E-state index in [4.69, 9.17) is 0 Å². The first-order valence-corrected chi connectivity index (χ1v) is 1.81. The van der Waals surface area contributed by atoms with E-state index in [2.05, 4.69) is 20.1 Å². The van der Waals surface area contributed by atoms with Gasteiger partial charge in [-0.3, -0.25) is 0 Å². The van der Waals surface area contributed by atoms with Crippen LogP contribution in [0, 0.1) is 6.92 Å². The van der Waals surface area contributed by atoms with Gasteiger partial charge in [0.05, 0.1) is 0 Å². The van der Waals surface area contributed by atoms with Gasteiger partial charge in [-0.05, 0) is 6.58 Å². The van der Waals surface area contributed by atoms with Gasteiger partial charge < -0.3 is 0 Å². The third-order valence-electron chi connectivity index (χ3n) is 0.604. The normalized spacial score (nSPS) is 7.50. The van der Waals surface area contributed by atoms with Gasteiger partial charge in [0, 0.05) is 26.0 Å². The van der Waals surface area contributed by atoms with Gasteiger partial charge in [-0.25, -0.2) is 0 Å². The Morgan fingerprint density at radius 1 is 1.50 bits per heavy atom. The Labute approximate surface area is 39.2 Å². The third kappa shape index (κ3) is 1.65. The lowest BCUT2D eigenvalue weighted by Gasteiger charge is -1.76. The molecule has 0 nitrogen and oxygen atoms in total. The summed E-state index contributed by atoms with van der Waals surface area (Å²) in [5.41, 5.74) is 1.77. The Kier molecular flexibility index (Phi) is 1.52. The molecule has 0 aromatic rings.